The molecule has 0 amide bonds. The molecule has 22 heavy (non-hydrogen) atoms. The van der Waals surface area contributed by atoms with Crippen LogP contribution in [0.25, 0.3) is 0 Å². The highest BCUT2D eigenvalue weighted by atomic mass is 16.7. The van der Waals surface area contributed by atoms with Crippen molar-refractivity contribution in [3.8, 4) is 0 Å². The van der Waals surface area contributed by atoms with E-state index in [1.807, 2.05) is 0 Å². The van der Waals surface area contributed by atoms with Crippen LogP contribution >= 0.6 is 0 Å². The van der Waals surface area contributed by atoms with E-state index in [-0.39, 0.29) is 23.6 Å². The highest BCUT2D eigenvalue weighted by Gasteiger charge is 2.53. The fourth-order valence-corrected chi connectivity index (χ4v) is 3.42. The van der Waals surface area contributed by atoms with Crippen molar-refractivity contribution >= 4 is 0 Å². The van der Waals surface area contributed by atoms with Crippen molar-refractivity contribution in [3.63, 3.8) is 0 Å². The molecule has 3 heterocycles. The maximum absolute atomic E-state index is 6.15. The second-order valence-corrected chi connectivity index (χ2v) is 7.34. The summed E-state index contributed by atoms with van der Waals surface area (Å²) in [5.41, 5.74) is 1.19. The van der Waals surface area contributed by atoms with Crippen LogP contribution in [-0.4, -0.2) is 43.4 Å². The van der Waals surface area contributed by atoms with Crippen molar-refractivity contribution < 1.29 is 18.9 Å². The maximum atomic E-state index is 6.15. The van der Waals surface area contributed by atoms with Crippen LogP contribution in [0.4, 0.5) is 0 Å². The van der Waals surface area contributed by atoms with Crippen molar-refractivity contribution in [1.82, 2.24) is 0 Å². The van der Waals surface area contributed by atoms with Crippen LogP contribution in [0.1, 0.15) is 46.5 Å². The number of hydrogen-bond acceptors (Lipinski definition) is 4. The molecule has 2 atom stereocenters. The zero-order valence-electron chi connectivity index (χ0n) is 14.0. The van der Waals surface area contributed by atoms with E-state index in [2.05, 4.69) is 39.0 Å². The van der Waals surface area contributed by atoms with Crippen molar-refractivity contribution in [1.29, 1.82) is 0 Å². The quantitative estimate of drug-likeness (QED) is 0.590. The Kier molecular flexibility index (Phi) is 4.74. The summed E-state index contributed by atoms with van der Waals surface area (Å²) in [6.45, 7) is 8.90. The van der Waals surface area contributed by atoms with Gasteiger partial charge in [-0.05, 0) is 27.2 Å². The van der Waals surface area contributed by atoms with E-state index < -0.39 is 0 Å². The van der Waals surface area contributed by atoms with Crippen LogP contribution in [-0.2, 0) is 18.9 Å². The summed E-state index contributed by atoms with van der Waals surface area (Å²) in [5, 5.41) is 0. The van der Waals surface area contributed by atoms with Gasteiger partial charge in [-0.2, -0.15) is 0 Å². The van der Waals surface area contributed by atoms with Gasteiger partial charge in [0.05, 0.1) is 37.1 Å². The van der Waals surface area contributed by atoms with Gasteiger partial charge in [0.15, 0.2) is 6.29 Å². The Labute approximate surface area is 133 Å². The summed E-state index contributed by atoms with van der Waals surface area (Å²) in [7, 11) is 0. The summed E-state index contributed by atoms with van der Waals surface area (Å²) in [6.07, 6.45) is 10.3. The minimum absolute atomic E-state index is 0.0786. The van der Waals surface area contributed by atoms with Crippen LogP contribution in [0.2, 0.25) is 0 Å². The second kappa shape index (κ2) is 6.44. The first kappa shape index (κ1) is 16.2. The van der Waals surface area contributed by atoms with Crippen molar-refractivity contribution in [2.24, 2.45) is 0 Å². The molecule has 0 aromatic carbocycles. The third-order valence-electron chi connectivity index (χ3n) is 4.45. The van der Waals surface area contributed by atoms with Crippen LogP contribution in [0.3, 0.4) is 0 Å². The Morgan fingerprint density at radius 1 is 1.23 bits per heavy atom. The molecule has 3 aliphatic heterocycles. The van der Waals surface area contributed by atoms with E-state index in [4.69, 9.17) is 18.9 Å². The van der Waals surface area contributed by atoms with Crippen molar-refractivity contribution in [2.75, 3.05) is 19.8 Å². The minimum Gasteiger partial charge on any atom is -0.369 e. The lowest BCUT2D eigenvalue weighted by molar-refractivity contribution is -0.175. The van der Waals surface area contributed by atoms with Crippen LogP contribution in [0.15, 0.2) is 23.8 Å². The summed E-state index contributed by atoms with van der Waals surface area (Å²) in [6, 6.07) is 0. The van der Waals surface area contributed by atoms with Gasteiger partial charge < -0.3 is 18.9 Å². The highest BCUT2D eigenvalue weighted by molar-refractivity contribution is 5.19. The van der Waals surface area contributed by atoms with Gasteiger partial charge in [0.1, 0.15) is 0 Å². The van der Waals surface area contributed by atoms with Crippen LogP contribution in [0, 0.1) is 0 Å². The van der Waals surface area contributed by atoms with Crippen molar-refractivity contribution in [2.45, 2.75) is 70.1 Å². The first-order valence-electron chi connectivity index (χ1n) is 8.36. The molecule has 3 fully saturated rings. The summed E-state index contributed by atoms with van der Waals surface area (Å²) < 4.78 is 22.9. The van der Waals surface area contributed by atoms with E-state index in [1.54, 1.807) is 0 Å². The molecule has 0 aromatic heterocycles. The average Bonchev–Trinajstić information content (AvgIpc) is 3.20. The van der Waals surface area contributed by atoms with E-state index in [0.29, 0.717) is 0 Å². The molecule has 3 saturated heterocycles. The fraction of sp³-hybridized carbons (Fsp3) is 0.778. The smallest absolute Gasteiger partial charge is 0.160 e. The molecule has 4 heteroatoms. The third-order valence-corrected chi connectivity index (χ3v) is 4.45. The fourth-order valence-electron chi connectivity index (χ4n) is 3.42. The Balaban J connectivity index is 1.51. The molecule has 4 nitrogen and oxygen atoms in total. The van der Waals surface area contributed by atoms with E-state index in [1.165, 1.54) is 5.57 Å². The molecule has 0 bridgehead atoms. The lowest BCUT2D eigenvalue weighted by Crippen LogP contribution is -2.43. The highest BCUT2D eigenvalue weighted by Crippen LogP contribution is 2.46. The van der Waals surface area contributed by atoms with E-state index in [0.717, 1.165) is 45.5 Å². The van der Waals surface area contributed by atoms with Gasteiger partial charge in [-0.15, -0.1) is 0 Å². The summed E-state index contributed by atoms with van der Waals surface area (Å²) in [4.78, 5) is 0. The molecule has 0 radical (unpaired) electrons. The number of rotatable bonds is 4. The Bertz CT molecular complexity index is 436. The molecule has 1 spiro atoms. The van der Waals surface area contributed by atoms with Gasteiger partial charge in [-0.1, -0.05) is 23.8 Å². The van der Waals surface area contributed by atoms with E-state index in [9.17, 15) is 0 Å². The lowest BCUT2D eigenvalue weighted by atomic mass is 9.85. The first-order valence-corrected chi connectivity index (χ1v) is 8.36. The SMILES string of the molecule is CC(/C=C/[C@@H]1C[C@]2(CO2)CC(C)(C)O1)=C\CC1OCCCO1. The molecule has 124 valence electrons. The van der Waals surface area contributed by atoms with E-state index >= 15 is 0 Å². The van der Waals surface area contributed by atoms with Gasteiger partial charge in [0, 0.05) is 19.3 Å². The topological polar surface area (TPSA) is 40.2 Å². The first-order chi connectivity index (χ1) is 10.5. The second-order valence-electron chi connectivity index (χ2n) is 7.34. The zero-order chi connectivity index (χ0) is 15.6. The number of ether oxygens (including phenoxy) is 4. The Hall–Kier alpha value is -0.680. The zero-order valence-corrected chi connectivity index (χ0v) is 14.0. The average molecular weight is 308 g/mol. The van der Waals surface area contributed by atoms with Gasteiger partial charge in [-0.25, -0.2) is 0 Å². The van der Waals surface area contributed by atoms with Crippen LogP contribution in [0.5, 0.6) is 0 Å². The number of allylic oxidation sites excluding steroid dienone is 2. The molecule has 0 saturated carbocycles. The number of epoxide rings is 1. The Morgan fingerprint density at radius 2 is 1.95 bits per heavy atom. The molecule has 3 rings (SSSR count). The lowest BCUT2D eigenvalue weighted by Gasteiger charge is -2.38. The predicted molar refractivity (Wildman–Crippen MR) is 84.7 cm³/mol. The standard InChI is InChI=1S/C18H28O4/c1-14(6-8-16-19-9-4-10-20-16)5-7-15-11-18(13-21-18)12-17(2,3)22-15/h5-7,15-16H,4,8-13H2,1-3H3/b7-5+,14-6+/t15-,18-/m1/s1. The normalized spacial score (nSPS) is 36.1. The maximum Gasteiger partial charge on any atom is 0.160 e. The predicted octanol–water partition coefficient (Wildman–Crippen LogP) is 3.37. The van der Waals surface area contributed by atoms with Gasteiger partial charge in [-0.3, -0.25) is 0 Å². The van der Waals surface area contributed by atoms with Crippen LogP contribution < -0.4 is 0 Å². The van der Waals surface area contributed by atoms with Gasteiger partial charge >= 0.3 is 0 Å². The summed E-state index contributed by atoms with van der Waals surface area (Å²) in [5.74, 6) is 0. The molecular formula is C18H28O4. The third kappa shape index (κ3) is 4.42. The molecule has 0 aliphatic carbocycles. The Morgan fingerprint density at radius 3 is 2.64 bits per heavy atom. The van der Waals surface area contributed by atoms with Gasteiger partial charge in [0.2, 0.25) is 0 Å². The summed E-state index contributed by atoms with van der Waals surface area (Å²) >= 11 is 0. The molecule has 0 aromatic rings. The number of hydrogen-bond donors (Lipinski definition) is 0. The molecular weight excluding hydrogens is 280 g/mol. The molecule has 0 N–H and O–H groups in total. The molecule has 0 unspecified atom stereocenters. The molecule has 3 aliphatic rings. The minimum atomic E-state index is -0.106. The largest absolute Gasteiger partial charge is 0.369 e. The van der Waals surface area contributed by atoms with Crippen molar-refractivity contribution in [3.05, 3.63) is 23.8 Å². The monoisotopic (exact) mass is 308 g/mol. The van der Waals surface area contributed by atoms with Gasteiger partial charge in [0.25, 0.3) is 0 Å².